The van der Waals surface area contributed by atoms with Crippen LogP contribution in [0.5, 0.6) is 28.7 Å². The van der Waals surface area contributed by atoms with Crippen LogP contribution in [0.4, 0.5) is 0 Å². The first-order valence-corrected chi connectivity index (χ1v) is 34.3. The van der Waals surface area contributed by atoms with Crippen molar-refractivity contribution in [3.05, 3.63) is 205 Å². The summed E-state index contributed by atoms with van der Waals surface area (Å²) in [4.78, 5) is 80.3. The summed E-state index contributed by atoms with van der Waals surface area (Å²) in [5.41, 5.74) is 8.60. The van der Waals surface area contributed by atoms with Gasteiger partial charge in [0.25, 0.3) is 0 Å². The first kappa shape index (κ1) is 85.5. The second-order valence-electron chi connectivity index (χ2n) is 30.1. The Hall–Kier alpha value is -8.59. The lowest BCUT2D eigenvalue weighted by Gasteiger charge is -2.26. The van der Waals surface area contributed by atoms with E-state index in [1.54, 1.807) is 41.5 Å². The standard InChI is InChI=1S/C42H57N3O6.C19H27N3O4.C13H17NO.3C2H6/c1-22-16-31(40(7,8)9)34(46)25(4)28(22)19-43-37(49)44(20-29-23(2)17-32(41(10,11)12)35(47)26(29)5)39(51)45(38(43)50)21-30-24(3)18-33(42(13,14)15)36(48)27(30)6;1-8-21-16(24)20(7)17(25)22(18(21)26)10-13-11(2)9-14(19(4,5)6)15(23)12(13)3;1-8-6-11(13(3,4)5)12(15)9(2)10(8)7-14;3*1-2/h16-18,46-48H,19-21H2,1-15H3;9,23H,8,10H2,1-7H3;6,15H,1-5H3;3*1-2H3. The van der Waals surface area contributed by atoms with Crippen LogP contribution in [-0.2, 0) is 66.8 Å². The van der Waals surface area contributed by atoms with Gasteiger partial charge in [0, 0.05) is 19.2 Å². The molecule has 0 atom stereocenters. The zero-order valence-corrected chi connectivity index (χ0v) is 65.7. The largest absolute Gasteiger partial charge is 0.507 e. The summed E-state index contributed by atoms with van der Waals surface area (Å²) in [5, 5.41) is 63.4. The number of phenolic OH excluding ortho intramolecular Hbond substituents is 5. The van der Waals surface area contributed by atoms with Crippen molar-refractivity contribution in [1.82, 2.24) is 27.4 Å². The van der Waals surface area contributed by atoms with E-state index in [0.717, 1.165) is 83.0 Å². The number of benzene rings is 5. The molecule has 0 aliphatic heterocycles. The van der Waals surface area contributed by atoms with Crippen molar-refractivity contribution >= 4 is 0 Å². The minimum Gasteiger partial charge on any atom is -0.507 e. The lowest BCUT2D eigenvalue weighted by molar-refractivity contribution is 0.437. The Morgan fingerprint density at radius 1 is 0.327 bits per heavy atom. The average molecular weight is 1350 g/mol. The number of nitriles is 1. The highest BCUT2D eigenvalue weighted by atomic mass is 16.3. The summed E-state index contributed by atoms with van der Waals surface area (Å²) in [5.74, 6) is 0.736. The first-order valence-electron chi connectivity index (χ1n) is 34.3. The number of aromatic nitrogens is 6. The molecule has 0 saturated carbocycles. The van der Waals surface area contributed by atoms with Gasteiger partial charge in [0.1, 0.15) is 28.7 Å². The van der Waals surface area contributed by atoms with Crippen LogP contribution in [-0.4, -0.2) is 52.9 Å². The summed E-state index contributed by atoms with van der Waals surface area (Å²) in [6.45, 7) is 61.9. The van der Waals surface area contributed by atoms with E-state index >= 15 is 0 Å². The molecule has 0 amide bonds. The molecular formula is C80H119N7O11. The topological polar surface area (TPSA) is 257 Å². The van der Waals surface area contributed by atoms with Crippen LogP contribution in [0, 0.1) is 80.6 Å². The molecule has 2 heterocycles. The van der Waals surface area contributed by atoms with Gasteiger partial charge in [-0.15, -0.1) is 0 Å². The number of hydrogen-bond acceptors (Lipinski definition) is 12. The molecule has 18 heteroatoms. The van der Waals surface area contributed by atoms with Gasteiger partial charge in [-0.25, -0.2) is 56.2 Å². The normalized spacial score (nSPS) is 11.6. The summed E-state index contributed by atoms with van der Waals surface area (Å²) in [6.07, 6.45) is 0. The van der Waals surface area contributed by atoms with E-state index in [-0.39, 0.29) is 88.5 Å². The van der Waals surface area contributed by atoms with Crippen molar-refractivity contribution in [1.29, 1.82) is 5.26 Å². The Morgan fingerprint density at radius 3 is 0.714 bits per heavy atom. The number of nitrogens with zero attached hydrogens (tertiary/aromatic N) is 7. The Morgan fingerprint density at radius 2 is 0.510 bits per heavy atom. The Kier molecular flexibility index (Phi) is 28.7. The van der Waals surface area contributed by atoms with E-state index in [1.807, 2.05) is 210 Å². The zero-order valence-electron chi connectivity index (χ0n) is 65.7. The molecule has 0 radical (unpaired) electrons. The second kappa shape index (κ2) is 32.8. The molecule has 5 aromatic carbocycles. The molecule has 0 saturated heterocycles. The lowest BCUT2D eigenvalue weighted by atomic mass is 9.82. The van der Waals surface area contributed by atoms with Gasteiger partial charge in [0.2, 0.25) is 0 Å². The van der Waals surface area contributed by atoms with Crippen molar-refractivity contribution < 1.29 is 25.5 Å². The Balaban J connectivity index is 0.000000573. The predicted molar refractivity (Wildman–Crippen MR) is 402 cm³/mol. The maximum atomic E-state index is 14.4. The van der Waals surface area contributed by atoms with Crippen LogP contribution in [0.15, 0.2) is 59.1 Å². The highest BCUT2D eigenvalue weighted by molar-refractivity contribution is 5.57. The van der Waals surface area contributed by atoms with Crippen LogP contribution < -0.4 is 34.1 Å². The third kappa shape index (κ3) is 18.2. The fourth-order valence-corrected chi connectivity index (χ4v) is 11.9. The number of aryl methyl sites for hydroxylation is 5. The molecule has 0 aliphatic carbocycles. The molecule has 0 spiro atoms. The van der Waals surface area contributed by atoms with E-state index in [4.69, 9.17) is 5.26 Å². The van der Waals surface area contributed by atoms with Gasteiger partial charge in [-0.1, -0.05) is 176 Å². The molecule has 0 unspecified atom stereocenters. The van der Waals surface area contributed by atoms with E-state index in [1.165, 1.54) is 7.05 Å². The third-order valence-corrected chi connectivity index (χ3v) is 18.0. The van der Waals surface area contributed by atoms with Crippen LogP contribution in [0.25, 0.3) is 0 Å². The Bertz CT molecular complexity index is 4220. The molecule has 2 aromatic heterocycles. The molecule has 0 aliphatic rings. The highest BCUT2D eigenvalue weighted by Crippen LogP contribution is 2.41. The van der Waals surface area contributed by atoms with Crippen molar-refractivity contribution in [2.24, 2.45) is 7.05 Å². The predicted octanol–water partition coefficient (Wildman–Crippen LogP) is 14.8. The molecule has 540 valence electrons. The van der Waals surface area contributed by atoms with E-state index in [9.17, 15) is 54.3 Å². The maximum Gasteiger partial charge on any atom is 0.336 e. The van der Waals surface area contributed by atoms with Gasteiger partial charge in [-0.3, -0.25) is 0 Å². The van der Waals surface area contributed by atoms with Crippen LogP contribution in [0.1, 0.15) is 264 Å². The fourth-order valence-electron chi connectivity index (χ4n) is 11.9. The average Bonchev–Trinajstić information content (AvgIpc) is 0.756. The zero-order chi connectivity index (χ0) is 76.6. The van der Waals surface area contributed by atoms with Gasteiger partial charge in [-0.05, 0) is 203 Å². The molecule has 98 heavy (non-hydrogen) atoms. The molecule has 7 rings (SSSR count). The minimum absolute atomic E-state index is 0.00142. The summed E-state index contributed by atoms with van der Waals surface area (Å²) < 4.78 is 6.14. The SMILES string of the molecule is CC.CC.CC.CCn1c(=O)n(C)c(=O)n(Cc2c(C)cc(C(C)(C)C)c(O)c2C)c1=O.Cc1cc(C(C)(C)C)c(O)c(C)c1C#N.Cc1cc(C(C)(C)C)c(O)c(C)c1Cn1c(=O)n(Cc2c(C)cc(C(C)(C)C)c(O)c2C)c(=O)n(Cc2c(C)cc(C(C)(C)C)c(O)c2C)c1=O. The summed E-state index contributed by atoms with van der Waals surface area (Å²) in [6, 6.07) is 11.6. The molecule has 0 bridgehead atoms. The monoisotopic (exact) mass is 1350 g/mol. The molecule has 7 aromatic rings. The maximum absolute atomic E-state index is 14.4. The number of hydrogen-bond donors (Lipinski definition) is 5. The highest BCUT2D eigenvalue weighted by Gasteiger charge is 2.30. The summed E-state index contributed by atoms with van der Waals surface area (Å²) >= 11 is 0. The first-order chi connectivity index (χ1) is 44.9. The Labute approximate surface area is 583 Å². The second-order valence-corrected chi connectivity index (χ2v) is 30.1. The van der Waals surface area contributed by atoms with Crippen LogP contribution >= 0.6 is 0 Å². The van der Waals surface area contributed by atoms with Gasteiger partial charge in [0.15, 0.2) is 0 Å². The molecular weight excluding hydrogens is 1230 g/mol. The van der Waals surface area contributed by atoms with Gasteiger partial charge >= 0.3 is 34.1 Å². The molecule has 5 N–H and O–H groups in total. The number of aromatic hydroxyl groups is 5. The van der Waals surface area contributed by atoms with Crippen LogP contribution in [0.2, 0.25) is 0 Å². The van der Waals surface area contributed by atoms with Gasteiger partial charge in [-0.2, -0.15) is 5.26 Å². The van der Waals surface area contributed by atoms with Crippen LogP contribution in [0.3, 0.4) is 0 Å². The number of rotatable bonds is 9. The number of phenols is 5. The minimum atomic E-state index is -0.794. The third-order valence-electron chi connectivity index (χ3n) is 18.0. The van der Waals surface area contributed by atoms with Crippen molar-refractivity contribution in [2.75, 3.05) is 0 Å². The van der Waals surface area contributed by atoms with E-state index in [0.29, 0.717) is 55.6 Å². The summed E-state index contributed by atoms with van der Waals surface area (Å²) in [7, 11) is 1.35. The molecule has 0 fully saturated rings. The molecule has 18 nitrogen and oxygen atoms in total. The fraction of sp³-hybridized carbons (Fsp3) is 0.537. The van der Waals surface area contributed by atoms with Gasteiger partial charge < -0.3 is 25.5 Å². The van der Waals surface area contributed by atoms with Crippen molar-refractivity contribution in [3.8, 4) is 34.8 Å². The van der Waals surface area contributed by atoms with E-state index in [2.05, 4.69) is 6.07 Å². The van der Waals surface area contributed by atoms with Crippen molar-refractivity contribution in [2.45, 2.75) is 281 Å². The van der Waals surface area contributed by atoms with E-state index < -0.39 is 34.1 Å². The van der Waals surface area contributed by atoms with Crippen molar-refractivity contribution in [3.63, 3.8) is 0 Å². The smallest absolute Gasteiger partial charge is 0.336 e. The quantitative estimate of drug-likeness (QED) is 0.0904. The van der Waals surface area contributed by atoms with Gasteiger partial charge in [0.05, 0.1) is 37.8 Å². The lowest BCUT2D eigenvalue weighted by Crippen LogP contribution is -2.55.